The first-order valence-corrected chi connectivity index (χ1v) is 3.65. The Balaban J connectivity index is 2.36. The number of benzene rings is 1. The Hall–Kier alpha value is -1.64. The van der Waals surface area contributed by atoms with Crippen LogP contribution in [-0.2, 0) is 11.3 Å². The van der Waals surface area contributed by atoms with Crippen molar-refractivity contribution < 1.29 is 9.53 Å². The Morgan fingerprint density at radius 1 is 1.42 bits per heavy atom. The minimum absolute atomic E-state index is 0.161. The van der Waals surface area contributed by atoms with Gasteiger partial charge in [0.2, 0.25) is 6.29 Å². The minimum Gasteiger partial charge on any atom is -0.436 e. The predicted molar refractivity (Wildman–Crippen MR) is 44.3 cm³/mol. The molecule has 0 saturated heterocycles. The number of hydrogen-bond donors (Lipinski definition) is 0. The summed E-state index contributed by atoms with van der Waals surface area (Å²) in [6, 6.07) is 7.55. The summed E-state index contributed by atoms with van der Waals surface area (Å²) in [5.41, 5.74) is 1.02. The van der Waals surface area contributed by atoms with Gasteiger partial charge in [0.15, 0.2) is 0 Å². The third kappa shape index (κ3) is 1.09. The number of hydrogen-bond acceptors (Lipinski definition) is 3. The number of para-hydroxylation sites is 1. The topological polar surface area (TPSA) is 38.7 Å². The smallest absolute Gasteiger partial charge is 0.255 e. The van der Waals surface area contributed by atoms with Crippen molar-refractivity contribution in [2.75, 3.05) is 0 Å². The Bertz CT molecular complexity index is 344. The van der Waals surface area contributed by atoms with Crippen LogP contribution in [0, 0.1) is 0 Å². The maximum absolute atomic E-state index is 10.3. The lowest BCUT2D eigenvalue weighted by Gasteiger charge is -2.12. The molecule has 1 heterocycles. The summed E-state index contributed by atoms with van der Waals surface area (Å²) in [6.45, 7) is 0.532. The molecule has 2 rings (SSSR count). The van der Waals surface area contributed by atoms with Gasteiger partial charge >= 0.3 is 0 Å². The molecule has 0 aliphatic carbocycles. The fourth-order valence-corrected chi connectivity index (χ4v) is 1.10. The molecule has 12 heavy (non-hydrogen) atoms. The summed E-state index contributed by atoms with van der Waals surface area (Å²) in [5, 5.41) is 0. The first kappa shape index (κ1) is 7.03. The molecule has 1 aromatic carbocycles. The zero-order valence-electron chi connectivity index (χ0n) is 6.36. The predicted octanol–water partition coefficient (Wildman–Crippen LogP) is 1.18. The van der Waals surface area contributed by atoms with E-state index in [0.717, 1.165) is 11.3 Å². The normalized spacial score (nSPS) is 14.2. The molecule has 0 amide bonds. The highest BCUT2D eigenvalue weighted by molar-refractivity contribution is 6.24. The summed E-state index contributed by atoms with van der Waals surface area (Å²) in [6.07, 6.45) is 0.621. The Morgan fingerprint density at radius 3 is 3.08 bits per heavy atom. The maximum Gasteiger partial charge on any atom is 0.255 e. The van der Waals surface area contributed by atoms with Gasteiger partial charge in [0.25, 0.3) is 5.90 Å². The van der Waals surface area contributed by atoms with Crippen LogP contribution in [0.3, 0.4) is 0 Å². The molecule has 0 radical (unpaired) electrons. The maximum atomic E-state index is 10.3. The zero-order valence-corrected chi connectivity index (χ0v) is 6.36. The van der Waals surface area contributed by atoms with E-state index in [4.69, 9.17) is 4.74 Å². The standard InChI is InChI=1S/C9H7NO2/c11-6-9-10-5-7-3-1-2-4-8(7)12-9/h1-4,6H,5H2. The van der Waals surface area contributed by atoms with Gasteiger partial charge < -0.3 is 4.74 Å². The van der Waals surface area contributed by atoms with Gasteiger partial charge in [-0.05, 0) is 6.07 Å². The molecule has 1 aliphatic rings. The van der Waals surface area contributed by atoms with Gasteiger partial charge in [-0.2, -0.15) is 0 Å². The van der Waals surface area contributed by atoms with Crippen LogP contribution in [0.4, 0.5) is 0 Å². The summed E-state index contributed by atoms with van der Waals surface area (Å²) in [7, 11) is 0. The van der Waals surface area contributed by atoms with E-state index in [1.54, 1.807) is 0 Å². The second-order valence-electron chi connectivity index (χ2n) is 2.48. The van der Waals surface area contributed by atoms with E-state index < -0.39 is 0 Å². The van der Waals surface area contributed by atoms with E-state index >= 15 is 0 Å². The van der Waals surface area contributed by atoms with Gasteiger partial charge in [0.05, 0.1) is 6.54 Å². The van der Waals surface area contributed by atoms with E-state index in [2.05, 4.69) is 4.99 Å². The third-order valence-electron chi connectivity index (χ3n) is 1.69. The molecule has 0 aromatic heterocycles. The van der Waals surface area contributed by atoms with Crippen molar-refractivity contribution >= 4 is 12.2 Å². The Labute approximate surface area is 69.7 Å². The largest absolute Gasteiger partial charge is 0.436 e. The van der Waals surface area contributed by atoms with Crippen LogP contribution in [-0.4, -0.2) is 12.2 Å². The van der Waals surface area contributed by atoms with Crippen LogP contribution >= 0.6 is 0 Å². The van der Waals surface area contributed by atoms with Crippen molar-refractivity contribution in [2.24, 2.45) is 4.99 Å². The molecule has 0 unspecified atom stereocenters. The minimum atomic E-state index is 0.161. The SMILES string of the molecule is O=CC1=NCc2ccccc2O1. The van der Waals surface area contributed by atoms with Crippen molar-refractivity contribution in [3.63, 3.8) is 0 Å². The average Bonchev–Trinajstić information content (AvgIpc) is 2.17. The number of aliphatic imine (C=N–C) groups is 1. The number of rotatable bonds is 1. The van der Waals surface area contributed by atoms with Gasteiger partial charge in [-0.25, -0.2) is 4.99 Å². The van der Waals surface area contributed by atoms with Crippen molar-refractivity contribution in [1.29, 1.82) is 0 Å². The van der Waals surface area contributed by atoms with Gasteiger partial charge in [-0.15, -0.1) is 0 Å². The van der Waals surface area contributed by atoms with Crippen molar-refractivity contribution in [1.82, 2.24) is 0 Å². The molecule has 0 saturated carbocycles. The number of nitrogens with zero attached hydrogens (tertiary/aromatic N) is 1. The highest BCUT2D eigenvalue weighted by Gasteiger charge is 2.11. The molecule has 60 valence electrons. The van der Waals surface area contributed by atoms with Gasteiger partial charge in [-0.1, -0.05) is 18.2 Å². The quantitative estimate of drug-likeness (QED) is 0.580. The lowest BCUT2D eigenvalue weighted by molar-refractivity contribution is -0.103. The number of ether oxygens (including phenoxy) is 1. The average molecular weight is 161 g/mol. The highest BCUT2D eigenvalue weighted by atomic mass is 16.5. The van der Waals surface area contributed by atoms with Crippen LogP contribution in [0.15, 0.2) is 29.3 Å². The van der Waals surface area contributed by atoms with E-state index in [9.17, 15) is 4.79 Å². The molecule has 0 atom stereocenters. The number of carbonyl (C=O) groups excluding carboxylic acids is 1. The molecule has 0 fully saturated rings. The van der Waals surface area contributed by atoms with Crippen molar-refractivity contribution in [2.45, 2.75) is 6.54 Å². The number of fused-ring (bicyclic) bond motifs is 1. The monoisotopic (exact) mass is 161 g/mol. The zero-order chi connectivity index (χ0) is 8.39. The van der Waals surface area contributed by atoms with E-state index in [-0.39, 0.29) is 5.90 Å². The van der Waals surface area contributed by atoms with E-state index in [0.29, 0.717) is 12.8 Å². The first-order chi connectivity index (χ1) is 5.90. The molecule has 3 nitrogen and oxygen atoms in total. The first-order valence-electron chi connectivity index (χ1n) is 3.65. The highest BCUT2D eigenvalue weighted by Crippen LogP contribution is 2.21. The molecule has 0 N–H and O–H groups in total. The van der Waals surface area contributed by atoms with Crippen LogP contribution in [0.25, 0.3) is 0 Å². The molecule has 1 aromatic rings. The van der Waals surface area contributed by atoms with Crippen molar-refractivity contribution in [3.05, 3.63) is 29.8 Å². The fourth-order valence-electron chi connectivity index (χ4n) is 1.10. The molecule has 1 aliphatic heterocycles. The molecule has 0 spiro atoms. The summed E-state index contributed by atoms with van der Waals surface area (Å²) < 4.78 is 5.16. The Kier molecular flexibility index (Phi) is 1.63. The van der Waals surface area contributed by atoms with E-state index in [1.807, 2.05) is 24.3 Å². The second kappa shape index (κ2) is 2.77. The van der Waals surface area contributed by atoms with Gasteiger partial charge in [0, 0.05) is 5.56 Å². The summed E-state index contributed by atoms with van der Waals surface area (Å²) >= 11 is 0. The Morgan fingerprint density at radius 2 is 2.25 bits per heavy atom. The molecular weight excluding hydrogens is 154 g/mol. The summed E-state index contributed by atoms with van der Waals surface area (Å²) in [4.78, 5) is 14.2. The van der Waals surface area contributed by atoms with Crippen LogP contribution in [0.1, 0.15) is 5.56 Å². The number of aldehydes is 1. The van der Waals surface area contributed by atoms with Crippen LogP contribution < -0.4 is 4.74 Å². The molecule has 0 bridgehead atoms. The summed E-state index contributed by atoms with van der Waals surface area (Å²) in [5.74, 6) is 0.892. The van der Waals surface area contributed by atoms with E-state index in [1.165, 1.54) is 0 Å². The van der Waals surface area contributed by atoms with Gasteiger partial charge in [-0.3, -0.25) is 4.79 Å². The van der Waals surface area contributed by atoms with Crippen molar-refractivity contribution in [3.8, 4) is 5.75 Å². The lowest BCUT2D eigenvalue weighted by Crippen LogP contribution is -2.15. The fraction of sp³-hybridized carbons (Fsp3) is 0.111. The molecule has 3 heteroatoms. The number of carbonyl (C=O) groups is 1. The second-order valence-corrected chi connectivity index (χ2v) is 2.48. The lowest BCUT2D eigenvalue weighted by atomic mass is 10.2. The third-order valence-corrected chi connectivity index (χ3v) is 1.69. The van der Waals surface area contributed by atoms with Crippen LogP contribution in [0.5, 0.6) is 5.75 Å². The van der Waals surface area contributed by atoms with Crippen LogP contribution in [0.2, 0.25) is 0 Å². The molecular formula is C9H7NO2. The van der Waals surface area contributed by atoms with Gasteiger partial charge in [0.1, 0.15) is 5.75 Å².